The van der Waals surface area contributed by atoms with Crippen LogP contribution in [-0.2, 0) is 4.79 Å². The number of fused-ring (bicyclic) bond motifs is 1. The monoisotopic (exact) mass is 411 g/mol. The highest BCUT2D eigenvalue weighted by Gasteiger charge is 2.18. The summed E-state index contributed by atoms with van der Waals surface area (Å²) in [7, 11) is 0. The molecule has 1 aromatic heterocycles. The largest absolute Gasteiger partial charge is 0.454 e. The maximum Gasteiger partial charge on any atom is 0.231 e. The molecule has 0 spiro atoms. The van der Waals surface area contributed by atoms with Crippen molar-refractivity contribution in [2.24, 2.45) is 0 Å². The lowest BCUT2D eigenvalue weighted by atomic mass is 10.1. The quantitative estimate of drug-likeness (QED) is 0.624. The van der Waals surface area contributed by atoms with Gasteiger partial charge in [0.05, 0.1) is 17.5 Å². The molecule has 2 heterocycles. The number of rotatable bonds is 6. The molecule has 1 aliphatic rings. The summed E-state index contributed by atoms with van der Waals surface area (Å²) < 4.78 is 12.4. The van der Waals surface area contributed by atoms with E-state index < -0.39 is 0 Å². The van der Waals surface area contributed by atoms with E-state index in [0.29, 0.717) is 10.9 Å². The normalized spacial score (nSPS) is 13.3. The van der Waals surface area contributed by atoms with Gasteiger partial charge in [0.1, 0.15) is 0 Å². The Hall–Kier alpha value is -3.07. The van der Waals surface area contributed by atoms with Crippen molar-refractivity contribution < 1.29 is 14.3 Å². The SMILES string of the molecule is Cc1ccc(-n2nnnc2SCC(=O)N[C@@H](C)c2ccc3c(c2)OCO3)c(C)c1. The van der Waals surface area contributed by atoms with E-state index in [0.717, 1.165) is 22.6 Å². The minimum atomic E-state index is -0.159. The van der Waals surface area contributed by atoms with Crippen LogP contribution >= 0.6 is 11.8 Å². The van der Waals surface area contributed by atoms with Crippen LogP contribution in [0.4, 0.5) is 0 Å². The fourth-order valence-corrected chi connectivity index (χ4v) is 3.84. The zero-order valence-corrected chi connectivity index (χ0v) is 17.2. The van der Waals surface area contributed by atoms with Gasteiger partial charge in [0.2, 0.25) is 17.9 Å². The van der Waals surface area contributed by atoms with Crippen LogP contribution in [0, 0.1) is 13.8 Å². The standard InChI is InChI=1S/C20H21N5O3S/c1-12-4-6-16(13(2)8-12)25-20(22-23-24-25)29-10-19(26)21-14(3)15-5-7-17-18(9-15)28-11-27-17/h4-9,14H,10-11H2,1-3H3,(H,21,26)/t14-/m0/s1. The number of aromatic nitrogens is 4. The van der Waals surface area contributed by atoms with Crippen LogP contribution in [0.5, 0.6) is 11.5 Å². The number of hydrogen-bond donors (Lipinski definition) is 1. The first-order valence-electron chi connectivity index (χ1n) is 9.19. The molecule has 1 aliphatic heterocycles. The average Bonchev–Trinajstić information content (AvgIpc) is 3.35. The first-order chi connectivity index (χ1) is 14.0. The number of amides is 1. The zero-order valence-electron chi connectivity index (χ0n) is 16.4. The van der Waals surface area contributed by atoms with Crippen LogP contribution in [-0.4, -0.2) is 38.7 Å². The second-order valence-corrected chi connectivity index (χ2v) is 7.80. The molecule has 0 unspecified atom stereocenters. The Bertz CT molecular complexity index is 1050. The number of nitrogens with zero attached hydrogens (tertiary/aromatic N) is 4. The summed E-state index contributed by atoms with van der Waals surface area (Å²) in [5.41, 5.74) is 4.09. The number of carbonyl (C=O) groups excluding carboxylic acids is 1. The number of ether oxygens (including phenoxy) is 2. The van der Waals surface area contributed by atoms with Gasteiger partial charge in [-0.2, -0.15) is 4.68 Å². The Balaban J connectivity index is 1.38. The molecule has 0 aliphatic carbocycles. The predicted octanol–water partition coefficient (Wildman–Crippen LogP) is 2.98. The number of nitrogens with one attached hydrogen (secondary N) is 1. The lowest BCUT2D eigenvalue weighted by molar-refractivity contribution is -0.119. The third kappa shape index (κ3) is 4.19. The summed E-state index contributed by atoms with van der Waals surface area (Å²) in [4.78, 5) is 12.4. The van der Waals surface area contributed by atoms with Crippen molar-refractivity contribution in [3.63, 3.8) is 0 Å². The van der Waals surface area contributed by atoms with Crippen molar-refractivity contribution in [1.29, 1.82) is 0 Å². The minimum Gasteiger partial charge on any atom is -0.454 e. The zero-order chi connectivity index (χ0) is 20.4. The van der Waals surface area contributed by atoms with Gasteiger partial charge in [0, 0.05) is 0 Å². The van der Waals surface area contributed by atoms with Gasteiger partial charge in [-0.15, -0.1) is 5.10 Å². The molecule has 150 valence electrons. The Morgan fingerprint density at radius 2 is 2.03 bits per heavy atom. The van der Waals surface area contributed by atoms with E-state index in [1.807, 2.05) is 51.1 Å². The smallest absolute Gasteiger partial charge is 0.231 e. The van der Waals surface area contributed by atoms with Gasteiger partial charge in [-0.25, -0.2) is 0 Å². The van der Waals surface area contributed by atoms with Crippen LogP contribution in [0.1, 0.15) is 29.7 Å². The molecule has 9 heteroatoms. The Morgan fingerprint density at radius 1 is 1.21 bits per heavy atom. The first kappa shape index (κ1) is 19.3. The fraction of sp³-hybridized carbons (Fsp3) is 0.300. The van der Waals surface area contributed by atoms with Gasteiger partial charge in [-0.3, -0.25) is 4.79 Å². The van der Waals surface area contributed by atoms with Crippen molar-refractivity contribution in [3.05, 3.63) is 53.1 Å². The van der Waals surface area contributed by atoms with Gasteiger partial charge in [-0.1, -0.05) is 35.5 Å². The molecule has 8 nitrogen and oxygen atoms in total. The summed E-state index contributed by atoms with van der Waals surface area (Å²) in [6.45, 7) is 6.21. The van der Waals surface area contributed by atoms with Crippen molar-refractivity contribution in [1.82, 2.24) is 25.5 Å². The van der Waals surface area contributed by atoms with Crippen LogP contribution in [0.3, 0.4) is 0 Å². The lowest BCUT2D eigenvalue weighted by Gasteiger charge is -2.14. The van der Waals surface area contributed by atoms with Crippen molar-refractivity contribution in [3.8, 4) is 17.2 Å². The Kier molecular flexibility index (Phi) is 5.39. The first-order valence-corrected chi connectivity index (χ1v) is 10.2. The van der Waals surface area contributed by atoms with E-state index in [9.17, 15) is 4.79 Å². The molecule has 2 aromatic carbocycles. The number of tetrazole rings is 1. The summed E-state index contributed by atoms with van der Waals surface area (Å²) in [6, 6.07) is 11.6. The molecule has 0 saturated carbocycles. The average molecular weight is 411 g/mol. The number of hydrogen-bond acceptors (Lipinski definition) is 7. The molecule has 1 atom stereocenters. The highest BCUT2D eigenvalue weighted by molar-refractivity contribution is 7.99. The molecule has 0 radical (unpaired) electrons. The summed E-state index contributed by atoms with van der Waals surface area (Å²) >= 11 is 1.30. The van der Waals surface area contributed by atoms with Crippen LogP contribution in [0.25, 0.3) is 5.69 Å². The highest BCUT2D eigenvalue weighted by atomic mass is 32.2. The Labute approximate surface area is 172 Å². The molecular formula is C20H21N5O3S. The van der Waals surface area contributed by atoms with Gasteiger partial charge < -0.3 is 14.8 Å². The van der Waals surface area contributed by atoms with E-state index in [1.54, 1.807) is 4.68 Å². The van der Waals surface area contributed by atoms with Gasteiger partial charge >= 0.3 is 0 Å². The van der Waals surface area contributed by atoms with Crippen LogP contribution in [0.2, 0.25) is 0 Å². The second-order valence-electron chi connectivity index (χ2n) is 6.85. The third-order valence-electron chi connectivity index (χ3n) is 4.63. The Morgan fingerprint density at radius 3 is 2.86 bits per heavy atom. The van der Waals surface area contributed by atoms with E-state index >= 15 is 0 Å². The molecule has 1 amide bonds. The maximum atomic E-state index is 12.4. The molecule has 3 aromatic rings. The van der Waals surface area contributed by atoms with Crippen molar-refractivity contribution >= 4 is 17.7 Å². The van der Waals surface area contributed by atoms with E-state index in [-0.39, 0.29) is 24.5 Å². The molecule has 4 rings (SSSR count). The minimum absolute atomic E-state index is 0.102. The number of benzene rings is 2. The van der Waals surface area contributed by atoms with E-state index in [1.165, 1.54) is 17.3 Å². The molecule has 29 heavy (non-hydrogen) atoms. The summed E-state index contributed by atoms with van der Waals surface area (Å²) in [5.74, 6) is 1.53. The molecular weight excluding hydrogens is 390 g/mol. The van der Waals surface area contributed by atoms with E-state index in [4.69, 9.17) is 9.47 Å². The summed E-state index contributed by atoms with van der Waals surface area (Å²) in [6.07, 6.45) is 0. The van der Waals surface area contributed by atoms with Gasteiger partial charge in [0.15, 0.2) is 11.5 Å². The van der Waals surface area contributed by atoms with Crippen LogP contribution < -0.4 is 14.8 Å². The number of carbonyl (C=O) groups is 1. The number of aryl methyl sites for hydroxylation is 2. The fourth-order valence-electron chi connectivity index (χ4n) is 3.14. The molecule has 0 saturated heterocycles. The lowest BCUT2D eigenvalue weighted by Crippen LogP contribution is -2.28. The maximum absolute atomic E-state index is 12.4. The molecule has 0 bridgehead atoms. The van der Waals surface area contributed by atoms with Crippen molar-refractivity contribution in [2.75, 3.05) is 12.5 Å². The predicted molar refractivity (Wildman–Crippen MR) is 108 cm³/mol. The number of thioether (sulfide) groups is 1. The second kappa shape index (κ2) is 8.12. The molecule has 0 fully saturated rings. The topological polar surface area (TPSA) is 91.2 Å². The van der Waals surface area contributed by atoms with Crippen molar-refractivity contribution in [2.45, 2.75) is 32.0 Å². The third-order valence-corrected chi connectivity index (χ3v) is 5.55. The van der Waals surface area contributed by atoms with E-state index in [2.05, 4.69) is 26.9 Å². The summed E-state index contributed by atoms with van der Waals surface area (Å²) in [5, 5.41) is 15.5. The molecule has 1 N–H and O–H groups in total. The highest BCUT2D eigenvalue weighted by Crippen LogP contribution is 2.34. The van der Waals surface area contributed by atoms with Gasteiger partial charge in [0.25, 0.3) is 0 Å². The van der Waals surface area contributed by atoms with Crippen LogP contribution in [0.15, 0.2) is 41.6 Å². The van der Waals surface area contributed by atoms with Gasteiger partial charge in [-0.05, 0) is 60.5 Å².